The molecule has 0 aromatic rings. The molecule has 0 saturated heterocycles. The summed E-state index contributed by atoms with van der Waals surface area (Å²) in [4.78, 5) is 0. The molecule has 0 aromatic heterocycles. The first kappa shape index (κ1) is 14.5. The minimum absolute atomic E-state index is 0.483. The van der Waals surface area contributed by atoms with Gasteiger partial charge >= 0.3 is 0 Å². The topological polar surface area (TPSA) is 26.0 Å². The van der Waals surface area contributed by atoms with E-state index >= 15 is 0 Å². The SMILES string of the molecule is CC12CC3CC(C)(C1)CC(CC(N)CC1CCCC1)(C3)C2. The maximum atomic E-state index is 6.66. The summed E-state index contributed by atoms with van der Waals surface area (Å²) in [5, 5.41) is 0. The van der Waals surface area contributed by atoms with E-state index in [-0.39, 0.29) is 0 Å². The molecule has 1 nitrogen and oxygen atoms in total. The Morgan fingerprint density at radius 2 is 1.57 bits per heavy atom. The third-order valence-electron chi connectivity index (χ3n) is 7.55. The lowest BCUT2D eigenvalue weighted by Crippen LogP contribution is -2.56. The Balaban J connectivity index is 1.46. The summed E-state index contributed by atoms with van der Waals surface area (Å²) in [5.41, 5.74) is 8.60. The highest BCUT2D eigenvalue weighted by Gasteiger charge is 2.59. The van der Waals surface area contributed by atoms with Crippen LogP contribution in [0.15, 0.2) is 0 Å². The zero-order valence-corrected chi connectivity index (χ0v) is 14.3. The number of hydrogen-bond donors (Lipinski definition) is 1. The molecule has 2 N–H and O–H groups in total. The van der Waals surface area contributed by atoms with Crippen molar-refractivity contribution in [2.45, 2.75) is 96.9 Å². The van der Waals surface area contributed by atoms with Crippen LogP contribution in [0.4, 0.5) is 0 Å². The van der Waals surface area contributed by atoms with Gasteiger partial charge in [-0.3, -0.25) is 0 Å². The minimum atomic E-state index is 0.483. The Hall–Kier alpha value is -0.0400. The largest absolute Gasteiger partial charge is 0.328 e. The van der Waals surface area contributed by atoms with Crippen LogP contribution in [0.1, 0.15) is 90.9 Å². The molecule has 0 heterocycles. The smallest absolute Gasteiger partial charge is 0.00467 e. The Morgan fingerprint density at radius 1 is 0.952 bits per heavy atom. The van der Waals surface area contributed by atoms with E-state index in [2.05, 4.69) is 13.8 Å². The maximum absolute atomic E-state index is 6.66. The quantitative estimate of drug-likeness (QED) is 0.748. The first-order valence-corrected chi connectivity index (χ1v) is 9.63. The van der Waals surface area contributed by atoms with Crippen molar-refractivity contribution in [3.05, 3.63) is 0 Å². The monoisotopic (exact) mass is 289 g/mol. The van der Waals surface area contributed by atoms with E-state index in [4.69, 9.17) is 5.73 Å². The van der Waals surface area contributed by atoms with Crippen molar-refractivity contribution in [2.24, 2.45) is 33.8 Å². The van der Waals surface area contributed by atoms with Gasteiger partial charge in [0.2, 0.25) is 0 Å². The summed E-state index contributed by atoms with van der Waals surface area (Å²) >= 11 is 0. The molecule has 5 aliphatic rings. The van der Waals surface area contributed by atoms with Crippen LogP contribution in [0.25, 0.3) is 0 Å². The molecule has 0 aromatic carbocycles. The minimum Gasteiger partial charge on any atom is -0.328 e. The van der Waals surface area contributed by atoms with Gasteiger partial charge in [0.25, 0.3) is 0 Å². The Kier molecular flexibility index (Phi) is 3.27. The predicted octanol–water partition coefficient (Wildman–Crippen LogP) is 5.28. The average molecular weight is 290 g/mol. The summed E-state index contributed by atoms with van der Waals surface area (Å²) in [6.45, 7) is 5.18. The van der Waals surface area contributed by atoms with Gasteiger partial charge in [-0.25, -0.2) is 0 Å². The summed E-state index contributed by atoms with van der Waals surface area (Å²) in [6.07, 6.45) is 17.5. The van der Waals surface area contributed by atoms with Crippen molar-refractivity contribution in [3.8, 4) is 0 Å². The third-order valence-corrected chi connectivity index (χ3v) is 7.55. The highest BCUT2D eigenvalue weighted by Crippen LogP contribution is 2.70. The second-order valence-corrected chi connectivity index (χ2v) is 10.5. The van der Waals surface area contributed by atoms with Crippen molar-refractivity contribution in [1.29, 1.82) is 0 Å². The highest BCUT2D eigenvalue weighted by atomic mass is 14.7. The van der Waals surface area contributed by atoms with Crippen LogP contribution in [0.3, 0.4) is 0 Å². The van der Waals surface area contributed by atoms with Gasteiger partial charge in [0.1, 0.15) is 0 Å². The maximum Gasteiger partial charge on any atom is 0.00467 e. The van der Waals surface area contributed by atoms with Crippen molar-refractivity contribution >= 4 is 0 Å². The molecule has 120 valence electrons. The molecule has 3 atom stereocenters. The van der Waals surface area contributed by atoms with Crippen molar-refractivity contribution in [1.82, 2.24) is 0 Å². The molecule has 0 spiro atoms. The molecule has 3 unspecified atom stereocenters. The molecular weight excluding hydrogens is 254 g/mol. The second-order valence-electron chi connectivity index (χ2n) is 10.5. The third kappa shape index (κ3) is 2.69. The highest BCUT2D eigenvalue weighted by molar-refractivity contribution is 5.10. The lowest BCUT2D eigenvalue weighted by Gasteiger charge is -2.66. The van der Waals surface area contributed by atoms with Crippen molar-refractivity contribution in [3.63, 3.8) is 0 Å². The molecule has 5 aliphatic carbocycles. The normalized spacial score (nSPS) is 50.7. The van der Waals surface area contributed by atoms with E-state index in [1.54, 1.807) is 0 Å². The molecule has 5 saturated carbocycles. The Bertz CT molecular complexity index is 390. The summed E-state index contributed by atoms with van der Waals surface area (Å²) < 4.78 is 0. The van der Waals surface area contributed by atoms with Crippen LogP contribution in [0, 0.1) is 28.1 Å². The van der Waals surface area contributed by atoms with Gasteiger partial charge in [0.15, 0.2) is 0 Å². The zero-order chi connectivity index (χ0) is 14.7. The van der Waals surface area contributed by atoms with Crippen LogP contribution in [0.2, 0.25) is 0 Å². The van der Waals surface area contributed by atoms with Crippen LogP contribution in [-0.4, -0.2) is 6.04 Å². The first-order valence-electron chi connectivity index (χ1n) is 9.63. The van der Waals surface area contributed by atoms with Gasteiger partial charge in [-0.05, 0) is 79.4 Å². The predicted molar refractivity (Wildman–Crippen MR) is 89.0 cm³/mol. The molecule has 0 amide bonds. The van der Waals surface area contributed by atoms with Gasteiger partial charge in [-0.2, -0.15) is 0 Å². The molecule has 4 bridgehead atoms. The molecule has 0 aliphatic heterocycles. The van der Waals surface area contributed by atoms with Gasteiger partial charge < -0.3 is 5.73 Å². The van der Waals surface area contributed by atoms with Crippen LogP contribution in [0.5, 0.6) is 0 Å². The Labute approximate surface area is 131 Å². The van der Waals surface area contributed by atoms with E-state index < -0.39 is 0 Å². The Morgan fingerprint density at radius 3 is 2.14 bits per heavy atom. The number of hydrogen-bond acceptors (Lipinski definition) is 1. The van der Waals surface area contributed by atoms with Gasteiger partial charge in [0.05, 0.1) is 0 Å². The van der Waals surface area contributed by atoms with Crippen LogP contribution in [-0.2, 0) is 0 Å². The van der Waals surface area contributed by atoms with Gasteiger partial charge in [-0.15, -0.1) is 0 Å². The lowest BCUT2D eigenvalue weighted by molar-refractivity contribution is -0.149. The lowest BCUT2D eigenvalue weighted by atomic mass is 9.39. The molecule has 1 heteroatoms. The molecule has 21 heavy (non-hydrogen) atoms. The van der Waals surface area contributed by atoms with E-state index in [1.165, 1.54) is 77.0 Å². The average Bonchev–Trinajstić information content (AvgIpc) is 2.74. The number of rotatable bonds is 4. The summed E-state index contributed by atoms with van der Waals surface area (Å²) in [5.74, 6) is 1.98. The van der Waals surface area contributed by atoms with Crippen molar-refractivity contribution < 1.29 is 0 Å². The van der Waals surface area contributed by atoms with Gasteiger partial charge in [0, 0.05) is 6.04 Å². The van der Waals surface area contributed by atoms with Crippen LogP contribution < -0.4 is 5.73 Å². The standard InChI is InChI=1S/C20H35N/c1-18-8-16-9-19(2,12-18)14-20(10-16,13-18)11-17(21)7-15-5-3-4-6-15/h15-17H,3-14,21H2,1-2H3. The molecular formula is C20H35N. The molecule has 0 radical (unpaired) electrons. The van der Waals surface area contributed by atoms with E-state index in [9.17, 15) is 0 Å². The fraction of sp³-hybridized carbons (Fsp3) is 1.00. The summed E-state index contributed by atoms with van der Waals surface area (Å²) in [6, 6.07) is 0.483. The number of nitrogens with two attached hydrogens (primary N) is 1. The first-order chi connectivity index (χ1) is 9.88. The zero-order valence-electron chi connectivity index (χ0n) is 14.3. The second kappa shape index (κ2) is 4.73. The van der Waals surface area contributed by atoms with E-state index in [1.807, 2.05) is 0 Å². The van der Waals surface area contributed by atoms with Gasteiger partial charge in [-0.1, -0.05) is 39.5 Å². The molecule has 5 fully saturated rings. The molecule has 5 rings (SSSR count). The fourth-order valence-electron chi connectivity index (χ4n) is 8.23. The summed E-state index contributed by atoms with van der Waals surface area (Å²) in [7, 11) is 0. The van der Waals surface area contributed by atoms with E-state index in [0.717, 1.165) is 11.8 Å². The fourth-order valence-corrected chi connectivity index (χ4v) is 8.23. The van der Waals surface area contributed by atoms with E-state index in [0.29, 0.717) is 22.3 Å². The van der Waals surface area contributed by atoms with Crippen LogP contribution >= 0.6 is 0 Å². The van der Waals surface area contributed by atoms with Crippen molar-refractivity contribution in [2.75, 3.05) is 0 Å².